The van der Waals surface area contributed by atoms with Crippen LogP contribution in [0.3, 0.4) is 0 Å². The van der Waals surface area contributed by atoms with E-state index in [9.17, 15) is 0 Å². The molecule has 1 atom stereocenters. The van der Waals surface area contributed by atoms with Crippen molar-refractivity contribution in [2.75, 3.05) is 39.8 Å². The summed E-state index contributed by atoms with van der Waals surface area (Å²) in [6.45, 7) is 5.88. The Labute approximate surface area is 146 Å². The van der Waals surface area contributed by atoms with Crippen LogP contribution in [0.2, 0.25) is 0 Å². The van der Waals surface area contributed by atoms with Gasteiger partial charge in [-0.2, -0.15) is 0 Å². The second-order valence-electron chi connectivity index (χ2n) is 8.30. The molecule has 24 heavy (non-hydrogen) atoms. The summed E-state index contributed by atoms with van der Waals surface area (Å²) in [5.41, 5.74) is 0.412. The Bertz CT molecular complexity index is 523. The lowest BCUT2D eigenvalue weighted by atomic mass is 9.75. The van der Waals surface area contributed by atoms with E-state index in [2.05, 4.69) is 21.8 Å². The second kappa shape index (κ2) is 7.01. The number of rotatable bonds is 5. The molecule has 1 aromatic heterocycles. The third-order valence-electron chi connectivity index (χ3n) is 6.48. The third-order valence-corrected chi connectivity index (χ3v) is 6.48. The van der Waals surface area contributed by atoms with Crippen molar-refractivity contribution in [2.24, 2.45) is 11.8 Å². The average molecular weight is 329 g/mol. The first-order valence-corrected chi connectivity index (χ1v) is 9.71. The summed E-state index contributed by atoms with van der Waals surface area (Å²) < 4.78 is 5.93. The molecule has 3 aliphatic rings. The van der Waals surface area contributed by atoms with E-state index in [0.29, 0.717) is 11.5 Å². The van der Waals surface area contributed by atoms with Crippen molar-refractivity contribution in [3.05, 3.63) is 24.4 Å². The molecule has 4 rings (SSSR count). The molecule has 1 aromatic rings. The molecule has 1 spiro atoms. The molecule has 0 bridgehead atoms. The van der Waals surface area contributed by atoms with Crippen LogP contribution in [0.4, 0.5) is 0 Å². The van der Waals surface area contributed by atoms with Crippen LogP contribution in [0, 0.1) is 11.8 Å². The van der Waals surface area contributed by atoms with Crippen molar-refractivity contribution in [1.29, 1.82) is 0 Å². The number of nitrogens with zero attached hydrogens (tertiary/aromatic N) is 3. The number of likely N-dealkylation sites (tertiary alicyclic amines) is 2. The van der Waals surface area contributed by atoms with Crippen LogP contribution < -0.4 is 4.74 Å². The Kier molecular flexibility index (Phi) is 4.77. The number of hydrogen-bond donors (Lipinski definition) is 0. The topological polar surface area (TPSA) is 28.6 Å². The van der Waals surface area contributed by atoms with E-state index < -0.39 is 0 Å². The normalized spacial score (nSPS) is 28.1. The van der Waals surface area contributed by atoms with Crippen molar-refractivity contribution in [3.63, 3.8) is 0 Å². The van der Waals surface area contributed by atoms with Crippen LogP contribution >= 0.6 is 0 Å². The Balaban J connectivity index is 1.28. The Morgan fingerprint density at radius 3 is 2.75 bits per heavy atom. The van der Waals surface area contributed by atoms with Gasteiger partial charge in [0.1, 0.15) is 0 Å². The quantitative estimate of drug-likeness (QED) is 0.830. The predicted molar refractivity (Wildman–Crippen MR) is 96.2 cm³/mol. The minimum absolute atomic E-state index is 0.412. The maximum atomic E-state index is 5.93. The minimum atomic E-state index is 0.412. The van der Waals surface area contributed by atoms with Gasteiger partial charge in [0.05, 0.1) is 6.61 Å². The van der Waals surface area contributed by atoms with Gasteiger partial charge in [-0.05, 0) is 57.2 Å². The third kappa shape index (κ3) is 3.45. The van der Waals surface area contributed by atoms with Gasteiger partial charge in [0.25, 0.3) is 0 Å². The van der Waals surface area contributed by atoms with Gasteiger partial charge >= 0.3 is 0 Å². The van der Waals surface area contributed by atoms with Gasteiger partial charge in [-0.15, -0.1) is 0 Å². The van der Waals surface area contributed by atoms with Gasteiger partial charge in [-0.3, -0.25) is 9.80 Å². The standard InChI is InChI=1S/C20H31N3O/c1-22-11-9-18(14-24-19-8-4-5-10-21-19)12-20(22)15-23(16-20)13-17-6-2-3-7-17/h4-5,8,10,17-18H,2-3,6-7,9,11-16H2,1H3/t18-/m1/s1. The molecule has 132 valence electrons. The highest BCUT2D eigenvalue weighted by atomic mass is 16.5. The summed E-state index contributed by atoms with van der Waals surface area (Å²) in [5, 5.41) is 0. The number of ether oxygens (including phenoxy) is 1. The highest BCUT2D eigenvalue weighted by Gasteiger charge is 2.49. The first-order valence-electron chi connectivity index (χ1n) is 9.71. The first-order chi connectivity index (χ1) is 11.7. The zero-order valence-corrected chi connectivity index (χ0v) is 15.0. The van der Waals surface area contributed by atoms with Crippen molar-refractivity contribution in [1.82, 2.24) is 14.8 Å². The first kappa shape index (κ1) is 16.3. The largest absolute Gasteiger partial charge is 0.477 e. The van der Waals surface area contributed by atoms with Crippen LogP contribution in [0.15, 0.2) is 24.4 Å². The van der Waals surface area contributed by atoms with Crippen LogP contribution in [-0.2, 0) is 0 Å². The Morgan fingerprint density at radius 1 is 1.17 bits per heavy atom. The number of likely N-dealkylation sites (N-methyl/N-ethyl adjacent to an activating group) is 1. The summed E-state index contributed by atoms with van der Waals surface area (Å²) in [7, 11) is 2.32. The lowest BCUT2D eigenvalue weighted by molar-refractivity contribution is -0.0882. The maximum absolute atomic E-state index is 5.93. The SMILES string of the molecule is CN1CC[C@@H](COc2ccccn2)CC12CN(CC1CCCC1)C2. The van der Waals surface area contributed by atoms with Crippen molar-refractivity contribution in [3.8, 4) is 5.88 Å². The van der Waals surface area contributed by atoms with E-state index in [-0.39, 0.29) is 0 Å². The van der Waals surface area contributed by atoms with Gasteiger partial charge < -0.3 is 4.74 Å². The van der Waals surface area contributed by atoms with Gasteiger partial charge in [0.15, 0.2) is 0 Å². The maximum Gasteiger partial charge on any atom is 0.213 e. The molecule has 4 heteroatoms. The second-order valence-corrected chi connectivity index (χ2v) is 8.30. The fraction of sp³-hybridized carbons (Fsp3) is 0.750. The van der Waals surface area contributed by atoms with Crippen molar-refractivity contribution < 1.29 is 4.74 Å². The van der Waals surface area contributed by atoms with E-state index in [0.717, 1.165) is 18.4 Å². The summed E-state index contributed by atoms with van der Waals surface area (Å²) in [6, 6.07) is 5.88. The molecule has 2 aliphatic heterocycles. The van der Waals surface area contributed by atoms with Gasteiger partial charge in [0.2, 0.25) is 5.88 Å². The number of pyridine rings is 1. The van der Waals surface area contributed by atoms with Crippen LogP contribution in [0.25, 0.3) is 0 Å². The molecule has 0 radical (unpaired) electrons. The average Bonchev–Trinajstić information content (AvgIpc) is 3.08. The smallest absolute Gasteiger partial charge is 0.213 e. The van der Waals surface area contributed by atoms with Crippen molar-refractivity contribution >= 4 is 0 Å². The van der Waals surface area contributed by atoms with E-state index in [1.807, 2.05) is 18.2 Å². The molecule has 0 N–H and O–H groups in total. The summed E-state index contributed by atoms with van der Waals surface area (Å²) in [6.07, 6.45) is 10.1. The minimum Gasteiger partial charge on any atom is -0.477 e. The molecule has 4 nitrogen and oxygen atoms in total. The molecule has 2 saturated heterocycles. The van der Waals surface area contributed by atoms with Gasteiger partial charge in [0, 0.05) is 37.4 Å². The van der Waals surface area contributed by atoms with Crippen molar-refractivity contribution in [2.45, 2.75) is 44.1 Å². The summed E-state index contributed by atoms with van der Waals surface area (Å²) in [5.74, 6) is 2.40. The lowest BCUT2D eigenvalue weighted by Crippen LogP contribution is -2.72. The fourth-order valence-electron chi connectivity index (χ4n) is 5.03. The summed E-state index contributed by atoms with van der Waals surface area (Å²) in [4.78, 5) is 9.60. The zero-order chi connectivity index (χ0) is 16.4. The van der Waals surface area contributed by atoms with Crippen LogP contribution in [0.5, 0.6) is 5.88 Å². The lowest BCUT2D eigenvalue weighted by Gasteiger charge is -2.59. The molecule has 0 unspecified atom stereocenters. The molecular formula is C20H31N3O. The van der Waals surface area contributed by atoms with E-state index in [4.69, 9.17) is 4.74 Å². The fourth-order valence-corrected chi connectivity index (χ4v) is 5.03. The molecule has 1 saturated carbocycles. The highest BCUT2D eigenvalue weighted by Crippen LogP contribution is 2.39. The molecule has 0 amide bonds. The van der Waals surface area contributed by atoms with E-state index in [1.54, 1.807) is 6.20 Å². The Morgan fingerprint density at radius 2 is 2.00 bits per heavy atom. The zero-order valence-electron chi connectivity index (χ0n) is 15.0. The van der Waals surface area contributed by atoms with E-state index >= 15 is 0 Å². The molecular weight excluding hydrogens is 298 g/mol. The molecule has 3 fully saturated rings. The molecule has 1 aliphatic carbocycles. The number of piperidine rings is 1. The molecule has 0 aromatic carbocycles. The van der Waals surface area contributed by atoms with Crippen LogP contribution in [-0.4, -0.2) is 60.2 Å². The van der Waals surface area contributed by atoms with E-state index in [1.165, 1.54) is 64.7 Å². The summed E-state index contributed by atoms with van der Waals surface area (Å²) >= 11 is 0. The number of aromatic nitrogens is 1. The monoisotopic (exact) mass is 329 g/mol. The number of hydrogen-bond acceptors (Lipinski definition) is 4. The van der Waals surface area contributed by atoms with Crippen LogP contribution in [0.1, 0.15) is 38.5 Å². The Hall–Kier alpha value is -1.13. The van der Waals surface area contributed by atoms with Gasteiger partial charge in [-0.1, -0.05) is 18.9 Å². The molecule has 3 heterocycles. The predicted octanol–water partition coefficient (Wildman–Crippen LogP) is 3.05. The van der Waals surface area contributed by atoms with Gasteiger partial charge in [-0.25, -0.2) is 4.98 Å². The highest BCUT2D eigenvalue weighted by molar-refractivity contribution is 5.10.